The molecule has 1 saturated heterocycles. The molecule has 0 radical (unpaired) electrons. The maximum Gasteiger partial charge on any atom is 0.192 e. The van der Waals surface area contributed by atoms with Gasteiger partial charge in [-0.3, -0.25) is 4.57 Å². The number of nitrogen functional groups attached to an aromatic ring is 1. The molecule has 40 heavy (non-hydrogen) atoms. The van der Waals surface area contributed by atoms with E-state index >= 15 is 0 Å². The highest BCUT2D eigenvalue weighted by Gasteiger charge is 2.55. The Morgan fingerprint density at radius 1 is 0.800 bits per heavy atom. The Morgan fingerprint density at radius 3 is 1.80 bits per heavy atom. The maximum absolute atomic E-state index is 7.20. The van der Waals surface area contributed by atoms with Gasteiger partial charge in [-0.15, -0.1) is 10.2 Å². The monoisotopic (exact) mass is 610 g/mol. The predicted molar refractivity (Wildman–Crippen MR) is 169 cm³/mol. The molecular formula is C27H54N6O4Si3. The van der Waals surface area contributed by atoms with Crippen molar-refractivity contribution >= 4 is 41.9 Å². The van der Waals surface area contributed by atoms with Crippen molar-refractivity contribution in [3.63, 3.8) is 0 Å². The van der Waals surface area contributed by atoms with E-state index < -0.39 is 37.3 Å². The molecule has 13 heteroatoms. The number of fused-ring (bicyclic) bond motifs is 1. The van der Waals surface area contributed by atoms with Gasteiger partial charge in [-0.25, -0.2) is 4.98 Å². The quantitative estimate of drug-likeness (QED) is 0.334. The summed E-state index contributed by atoms with van der Waals surface area (Å²) in [4.78, 5) is 4.52. The van der Waals surface area contributed by atoms with E-state index in [0.717, 1.165) is 0 Å². The molecule has 3 heterocycles. The van der Waals surface area contributed by atoms with E-state index in [9.17, 15) is 0 Å². The largest absolute Gasteiger partial charge is 0.414 e. The average Bonchev–Trinajstić information content (AvgIpc) is 3.32. The van der Waals surface area contributed by atoms with Crippen LogP contribution in [0.3, 0.4) is 0 Å². The Kier molecular flexibility index (Phi) is 8.98. The summed E-state index contributed by atoms with van der Waals surface area (Å²) in [5.41, 5.74) is 7.10. The summed E-state index contributed by atoms with van der Waals surface area (Å²) in [5.74, 6) is 0.232. The number of hydrogen-bond acceptors (Lipinski definition) is 9. The van der Waals surface area contributed by atoms with Gasteiger partial charge in [0.25, 0.3) is 0 Å². The normalized spacial score (nSPS) is 23.8. The van der Waals surface area contributed by atoms with Gasteiger partial charge in [0, 0.05) is 0 Å². The number of anilines is 1. The van der Waals surface area contributed by atoms with E-state index in [1.54, 1.807) is 6.33 Å². The van der Waals surface area contributed by atoms with Gasteiger partial charge < -0.3 is 23.7 Å². The molecule has 1 fully saturated rings. The molecule has 4 atom stereocenters. The lowest BCUT2D eigenvalue weighted by atomic mass is 10.1. The first-order valence-electron chi connectivity index (χ1n) is 14.4. The topological polar surface area (TPSA) is 119 Å². The molecule has 2 N–H and O–H groups in total. The lowest BCUT2D eigenvalue weighted by Gasteiger charge is -2.44. The van der Waals surface area contributed by atoms with E-state index in [2.05, 4.69) is 122 Å². The van der Waals surface area contributed by atoms with Gasteiger partial charge in [-0.2, -0.15) is 0 Å². The highest BCUT2D eigenvalue weighted by atomic mass is 28.4. The van der Waals surface area contributed by atoms with Crippen molar-refractivity contribution in [3.05, 3.63) is 6.33 Å². The number of nitrogens with zero attached hydrogens (tertiary/aromatic N) is 5. The Hall–Kier alpha value is -1.23. The molecule has 0 saturated carbocycles. The Labute approximate surface area is 244 Å². The summed E-state index contributed by atoms with van der Waals surface area (Å²) < 4.78 is 29.9. The van der Waals surface area contributed by atoms with Crippen molar-refractivity contribution in [1.29, 1.82) is 0 Å². The van der Waals surface area contributed by atoms with Crippen LogP contribution in [0, 0.1) is 0 Å². The van der Waals surface area contributed by atoms with Gasteiger partial charge in [0.1, 0.15) is 18.3 Å². The minimum atomic E-state index is -2.27. The van der Waals surface area contributed by atoms with Crippen molar-refractivity contribution < 1.29 is 18.0 Å². The van der Waals surface area contributed by atoms with Crippen LogP contribution < -0.4 is 5.73 Å². The van der Waals surface area contributed by atoms with Crippen LogP contribution in [0.4, 0.5) is 5.82 Å². The molecule has 0 amide bonds. The van der Waals surface area contributed by atoms with Gasteiger partial charge in [0.2, 0.25) is 0 Å². The zero-order chi connectivity index (χ0) is 30.7. The molecule has 0 aliphatic carbocycles. The van der Waals surface area contributed by atoms with Crippen LogP contribution in [0.5, 0.6) is 0 Å². The third-order valence-corrected chi connectivity index (χ3v) is 23.2. The second-order valence-electron chi connectivity index (χ2n) is 15.8. The van der Waals surface area contributed by atoms with Crippen molar-refractivity contribution in [1.82, 2.24) is 25.0 Å². The van der Waals surface area contributed by atoms with Gasteiger partial charge >= 0.3 is 0 Å². The van der Waals surface area contributed by atoms with Crippen LogP contribution in [0.25, 0.3) is 11.2 Å². The van der Waals surface area contributed by atoms with Crippen molar-refractivity contribution in [3.8, 4) is 0 Å². The number of imidazole rings is 1. The second-order valence-corrected chi connectivity index (χ2v) is 30.1. The Morgan fingerprint density at radius 2 is 1.30 bits per heavy atom. The lowest BCUT2D eigenvalue weighted by molar-refractivity contribution is -0.0471. The number of ether oxygens (including phenoxy) is 1. The fraction of sp³-hybridized carbons (Fsp3) is 0.852. The zero-order valence-corrected chi connectivity index (χ0v) is 30.5. The predicted octanol–water partition coefficient (Wildman–Crippen LogP) is 6.50. The molecular weight excluding hydrogens is 557 g/mol. The summed E-state index contributed by atoms with van der Waals surface area (Å²) in [6, 6.07) is 0. The minimum Gasteiger partial charge on any atom is -0.414 e. The third-order valence-electron chi connectivity index (χ3n) is 9.75. The molecule has 1 aliphatic rings. The number of aromatic nitrogens is 5. The first-order chi connectivity index (χ1) is 17.9. The summed E-state index contributed by atoms with van der Waals surface area (Å²) in [7, 11) is -6.56. The van der Waals surface area contributed by atoms with Crippen molar-refractivity contribution in [2.45, 2.75) is 141 Å². The third kappa shape index (κ3) is 6.55. The molecule has 10 nitrogen and oxygen atoms in total. The highest BCUT2D eigenvalue weighted by Crippen LogP contribution is 2.47. The second kappa shape index (κ2) is 10.8. The van der Waals surface area contributed by atoms with E-state index in [4.69, 9.17) is 23.7 Å². The first-order valence-corrected chi connectivity index (χ1v) is 23.1. The van der Waals surface area contributed by atoms with Gasteiger partial charge in [-0.1, -0.05) is 62.3 Å². The molecule has 228 valence electrons. The number of hydrogen-bond donors (Lipinski definition) is 1. The smallest absolute Gasteiger partial charge is 0.192 e. The van der Waals surface area contributed by atoms with Crippen molar-refractivity contribution in [2.24, 2.45) is 0 Å². The molecule has 0 unspecified atom stereocenters. The van der Waals surface area contributed by atoms with Gasteiger partial charge in [0.05, 0.1) is 12.9 Å². The van der Waals surface area contributed by atoms with Gasteiger partial charge in [-0.05, 0) is 59.6 Å². The van der Waals surface area contributed by atoms with E-state index in [-0.39, 0.29) is 33.1 Å². The standard InChI is InChI=1S/C27H54N6O4Si3/c1-25(2,3)38(10,11)34-16-18-20(36-39(12,13)26(4,5)6)21(37-40(14,15)27(7,8)9)24(35-18)33-17-29-19-22(28)30-32-31-23(19)33/h17-18,20-21,24H,16H2,1-15H3,(H2,28,30,31)/t18-,20-,21-,24-/m1/s1. The number of rotatable bonds is 8. The molecule has 1 aliphatic heterocycles. The van der Waals surface area contributed by atoms with E-state index in [1.165, 1.54) is 0 Å². The van der Waals surface area contributed by atoms with Crippen LogP contribution in [-0.4, -0.2) is 74.8 Å². The molecule has 0 spiro atoms. The average molecular weight is 611 g/mol. The summed E-state index contributed by atoms with van der Waals surface area (Å²) >= 11 is 0. The fourth-order valence-corrected chi connectivity index (χ4v) is 7.47. The summed E-state index contributed by atoms with van der Waals surface area (Å²) in [5, 5.41) is 12.1. The highest BCUT2D eigenvalue weighted by molar-refractivity contribution is 6.75. The maximum atomic E-state index is 7.20. The SMILES string of the molecule is CC(C)(C)[Si](C)(C)OC[C@H]1O[C@@H](n2cnc3c(N)nnnc32)[C@H](O[Si](C)(C)C(C)(C)C)[C@@H]1O[Si](C)(C)C(C)(C)C. The first kappa shape index (κ1) is 33.3. The van der Waals surface area contributed by atoms with E-state index in [0.29, 0.717) is 17.8 Å². The molecule has 3 rings (SSSR count). The van der Waals surface area contributed by atoms with Crippen LogP contribution >= 0.6 is 0 Å². The fourth-order valence-electron chi connectivity index (χ4n) is 3.86. The number of nitrogens with two attached hydrogens (primary N) is 1. The zero-order valence-electron chi connectivity index (χ0n) is 27.5. The van der Waals surface area contributed by atoms with Crippen LogP contribution in [0.1, 0.15) is 68.5 Å². The van der Waals surface area contributed by atoms with Crippen LogP contribution in [0.2, 0.25) is 54.4 Å². The summed E-state index contributed by atoms with van der Waals surface area (Å²) in [6.07, 6.45) is 0.0708. The molecule has 0 aromatic carbocycles. The van der Waals surface area contributed by atoms with E-state index in [1.807, 2.05) is 4.57 Å². The molecule has 0 bridgehead atoms. The lowest BCUT2D eigenvalue weighted by Crippen LogP contribution is -2.54. The Balaban J connectivity index is 2.15. The Bertz CT molecular complexity index is 1180. The van der Waals surface area contributed by atoms with Gasteiger partial charge in [0.15, 0.2) is 48.2 Å². The minimum absolute atomic E-state index is 0.00471. The van der Waals surface area contributed by atoms with Crippen molar-refractivity contribution in [2.75, 3.05) is 12.3 Å². The summed E-state index contributed by atoms with van der Waals surface area (Å²) in [6.45, 7) is 34.3. The molecule has 2 aromatic rings. The van der Waals surface area contributed by atoms with Crippen LogP contribution in [-0.2, 0) is 18.0 Å². The molecule has 2 aromatic heterocycles. The van der Waals surface area contributed by atoms with Crippen LogP contribution in [0.15, 0.2) is 6.33 Å².